The van der Waals surface area contributed by atoms with E-state index in [-0.39, 0.29) is 85.3 Å². The smallest absolute Gasteiger partial charge is 0.481 e. The molecule has 0 spiro atoms. The van der Waals surface area contributed by atoms with E-state index in [9.17, 15) is 19.2 Å². The van der Waals surface area contributed by atoms with Crippen LogP contribution in [0.25, 0.3) is 0 Å². The molecule has 4 aromatic carbocycles. The van der Waals surface area contributed by atoms with Crippen LogP contribution in [0, 0.1) is 0 Å². The molecule has 88 heavy (non-hydrogen) atoms. The van der Waals surface area contributed by atoms with Gasteiger partial charge in [0.15, 0.2) is 6.61 Å². The number of carbonyl (C=O) groups excluding carboxylic acids is 4. The Bertz CT molecular complexity index is 2790. The Morgan fingerprint density at radius 2 is 0.625 bits per heavy atom. The number of benzene rings is 4. The van der Waals surface area contributed by atoms with Crippen molar-refractivity contribution in [2.45, 2.75) is 255 Å². The third-order valence-corrected chi connectivity index (χ3v) is 19.9. The van der Waals surface area contributed by atoms with Crippen LogP contribution in [0.5, 0.6) is 5.75 Å². The fraction of sp³-hybridized carbons (Fsp3) is 0.627. The van der Waals surface area contributed by atoms with E-state index >= 15 is 0 Å². The first-order valence-corrected chi connectivity index (χ1v) is 35.2. The van der Waals surface area contributed by atoms with Gasteiger partial charge in [-0.2, -0.15) is 0 Å². The monoisotopic (exact) mass is 1230 g/mol. The van der Waals surface area contributed by atoms with E-state index in [4.69, 9.17) is 37.0 Å². The van der Waals surface area contributed by atoms with Crippen LogP contribution in [0.1, 0.15) is 266 Å². The molecule has 4 aromatic rings. The number of carbonyl (C=O) groups is 4. The van der Waals surface area contributed by atoms with Crippen molar-refractivity contribution < 1.29 is 56.1 Å². The Morgan fingerprint density at radius 3 is 0.909 bits per heavy atom. The van der Waals surface area contributed by atoms with Crippen molar-refractivity contribution in [3.63, 3.8) is 0 Å². The molecule has 0 N–H and O–H groups in total. The largest absolute Gasteiger partial charge is 0.500 e. The zero-order chi connectivity index (χ0) is 65.0. The van der Waals surface area contributed by atoms with Gasteiger partial charge < -0.3 is 37.0 Å². The molecule has 1 aliphatic carbocycles. The van der Waals surface area contributed by atoms with Crippen molar-refractivity contribution in [1.29, 1.82) is 0 Å². The number of hydrogen-bond donors (Lipinski definition) is 0. The molecule has 0 fully saturated rings. The predicted octanol–water partition coefficient (Wildman–Crippen LogP) is 16.4. The lowest BCUT2D eigenvalue weighted by molar-refractivity contribution is -0.146. The molecule has 0 aromatic heterocycles. The number of fused-ring (bicyclic) bond motifs is 8. The molecular weight excluding hydrogens is 1120 g/mol. The van der Waals surface area contributed by atoms with Gasteiger partial charge in [-0.1, -0.05) is 177 Å². The molecular formula is C75H112O12Si. The van der Waals surface area contributed by atoms with Gasteiger partial charge in [0.2, 0.25) is 0 Å². The SMILES string of the molecule is CCOC(=O)Cc1c2cc(C(C)(C)C)cc1Cc1cc(C(C)(C)C)cc(c1CC(=O)OCC)Cc1cc(C(C)(C)C)cc(c1OCC(=O)OCCCCCCCCCCC[Si](OCC)(OCC)OCC)Cc1cc(C(C)(C)C)cc(c1CC(=O)OCC)C2. The molecule has 0 saturated carbocycles. The van der Waals surface area contributed by atoms with Gasteiger partial charge in [0.05, 0.1) is 45.7 Å². The van der Waals surface area contributed by atoms with Crippen molar-refractivity contribution in [2.24, 2.45) is 0 Å². The van der Waals surface area contributed by atoms with Crippen molar-refractivity contribution in [3.8, 4) is 5.75 Å². The van der Waals surface area contributed by atoms with Crippen molar-refractivity contribution in [3.05, 3.63) is 132 Å². The van der Waals surface area contributed by atoms with Crippen LogP contribution in [0.15, 0.2) is 48.5 Å². The molecule has 0 heterocycles. The van der Waals surface area contributed by atoms with Gasteiger partial charge in [0, 0.05) is 38.7 Å². The van der Waals surface area contributed by atoms with Crippen LogP contribution >= 0.6 is 0 Å². The summed E-state index contributed by atoms with van der Waals surface area (Å²) in [5.41, 5.74) is 13.2. The first-order valence-electron chi connectivity index (χ1n) is 33.3. The lowest BCUT2D eigenvalue weighted by Crippen LogP contribution is -2.45. The zero-order valence-corrected chi connectivity index (χ0v) is 58.7. The second-order valence-corrected chi connectivity index (χ2v) is 30.8. The molecule has 488 valence electrons. The molecule has 8 bridgehead atoms. The van der Waals surface area contributed by atoms with Gasteiger partial charge in [0.1, 0.15) is 5.75 Å². The average molecular weight is 1230 g/mol. The number of ether oxygens (including phenoxy) is 5. The standard InChI is InChI=1S/C75H112O12Si/c1-19-80-67(76)48-64-52-36-54-42-61(73(10,11)12)44-56(65(54)49-68(77)81-20-2)38-58-46-63(75(16,17)18)47-59(71(58)84-51-70(79)83-34-32-30-28-26-25-27-29-31-33-35-88(85-22-4,86-23-5)87-24-6)39-57-45-62(74(13,14)15)43-55(66(57)50-69(78)82-21-3)37-53(64)41-60(40-52)72(7,8)9/h40-47H,19-39,48-51H2,1-18H3. The summed E-state index contributed by atoms with van der Waals surface area (Å²) in [6.07, 6.45) is 11.2. The minimum absolute atomic E-state index is 0.0233. The predicted molar refractivity (Wildman–Crippen MR) is 356 cm³/mol. The van der Waals surface area contributed by atoms with Gasteiger partial charge in [-0.25, -0.2) is 4.79 Å². The van der Waals surface area contributed by atoms with Gasteiger partial charge in [0.25, 0.3) is 0 Å². The molecule has 12 nitrogen and oxygen atoms in total. The Kier molecular flexibility index (Phi) is 28.1. The first kappa shape index (κ1) is 73.4. The highest BCUT2D eigenvalue weighted by molar-refractivity contribution is 6.60. The molecule has 0 unspecified atom stereocenters. The van der Waals surface area contributed by atoms with Crippen molar-refractivity contribution in [2.75, 3.05) is 52.9 Å². The van der Waals surface area contributed by atoms with Crippen LogP contribution in [0.3, 0.4) is 0 Å². The minimum Gasteiger partial charge on any atom is -0.481 e. The van der Waals surface area contributed by atoms with Crippen molar-refractivity contribution in [1.82, 2.24) is 0 Å². The van der Waals surface area contributed by atoms with E-state index < -0.39 is 14.8 Å². The first-order chi connectivity index (χ1) is 41.5. The molecule has 5 rings (SSSR count). The van der Waals surface area contributed by atoms with E-state index in [0.29, 0.717) is 57.9 Å². The summed E-state index contributed by atoms with van der Waals surface area (Å²) in [6, 6.07) is 18.7. The molecule has 0 saturated heterocycles. The Balaban J connectivity index is 1.64. The van der Waals surface area contributed by atoms with E-state index in [1.54, 1.807) is 0 Å². The molecule has 0 amide bonds. The minimum atomic E-state index is -2.60. The van der Waals surface area contributed by atoms with Crippen LogP contribution in [0.4, 0.5) is 0 Å². The molecule has 0 radical (unpaired) electrons. The maximum Gasteiger partial charge on any atom is 0.500 e. The van der Waals surface area contributed by atoms with Crippen LogP contribution in [-0.4, -0.2) is 85.5 Å². The Hall–Kier alpha value is -5.34. The zero-order valence-electron chi connectivity index (χ0n) is 57.7. The quantitative estimate of drug-likeness (QED) is 0.0187. The fourth-order valence-electron chi connectivity index (χ4n) is 11.9. The third-order valence-electron chi connectivity index (χ3n) is 16.7. The van der Waals surface area contributed by atoms with Crippen LogP contribution in [-0.2, 0) is 118 Å². The fourth-order valence-corrected chi connectivity index (χ4v) is 14.6. The highest BCUT2D eigenvalue weighted by atomic mass is 28.4. The second-order valence-electron chi connectivity index (χ2n) is 28.0. The summed E-state index contributed by atoms with van der Waals surface area (Å²) in [5.74, 6) is -0.871. The maximum absolute atomic E-state index is 14.1. The molecule has 1 aliphatic rings. The molecule has 13 heteroatoms. The number of esters is 4. The average Bonchev–Trinajstić information content (AvgIpc) is 1.02. The summed E-state index contributed by atoms with van der Waals surface area (Å²) in [4.78, 5) is 56.2. The lowest BCUT2D eigenvalue weighted by atomic mass is 9.76. The van der Waals surface area contributed by atoms with E-state index in [0.717, 1.165) is 128 Å². The van der Waals surface area contributed by atoms with Gasteiger partial charge in [-0.15, -0.1) is 0 Å². The normalized spacial score (nSPS) is 13.1. The molecule has 0 atom stereocenters. The Morgan fingerprint density at radius 1 is 0.352 bits per heavy atom. The summed E-state index contributed by atoms with van der Waals surface area (Å²) in [5, 5.41) is 0. The summed E-state index contributed by atoms with van der Waals surface area (Å²) in [7, 11) is -2.60. The van der Waals surface area contributed by atoms with Gasteiger partial charge in [-0.05, 0) is 172 Å². The van der Waals surface area contributed by atoms with E-state index in [1.807, 2.05) is 41.5 Å². The number of unbranched alkanes of at least 4 members (excludes halogenated alkanes) is 8. The van der Waals surface area contributed by atoms with Gasteiger partial charge >= 0.3 is 32.7 Å². The van der Waals surface area contributed by atoms with Crippen molar-refractivity contribution >= 4 is 32.7 Å². The summed E-state index contributed by atoms with van der Waals surface area (Å²) < 4.78 is 48.3. The number of rotatable bonds is 30. The maximum atomic E-state index is 14.1. The van der Waals surface area contributed by atoms with Gasteiger partial charge in [-0.3, -0.25) is 14.4 Å². The Labute approximate surface area is 532 Å². The molecule has 0 aliphatic heterocycles. The summed E-state index contributed by atoms with van der Waals surface area (Å²) in [6.45, 7) is 40.4. The van der Waals surface area contributed by atoms with E-state index in [1.165, 1.54) is 19.3 Å². The number of hydrogen-bond acceptors (Lipinski definition) is 12. The van der Waals surface area contributed by atoms with E-state index in [2.05, 4.69) is 132 Å². The lowest BCUT2D eigenvalue weighted by Gasteiger charge is -2.29. The van der Waals surface area contributed by atoms with Crippen LogP contribution < -0.4 is 4.74 Å². The highest BCUT2D eigenvalue weighted by Gasteiger charge is 2.39. The van der Waals surface area contributed by atoms with Crippen LogP contribution in [0.2, 0.25) is 6.04 Å². The summed E-state index contributed by atoms with van der Waals surface area (Å²) >= 11 is 0. The topological polar surface area (TPSA) is 142 Å². The highest BCUT2D eigenvalue weighted by Crippen LogP contribution is 2.41. The second kappa shape index (κ2) is 33.6. The third kappa shape index (κ3) is 22.0.